The number of rotatable bonds is 9. The van der Waals surface area contributed by atoms with Crippen molar-refractivity contribution >= 4 is 5.91 Å². The van der Waals surface area contributed by atoms with Gasteiger partial charge < -0.3 is 10.0 Å². The van der Waals surface area contributed by atoms with Crippen LogP contribution >= 0.6 is 0 Å². The maximum Gasteiger partial charge on any atom is 0.236 e. The van der Waals surface area contributed by atoms with Crippen LogP contribution in [0.3, 0.4) is 0 Å². The minimum absolute atomic E-state index is 0.00989. The number of carbonyl (C=O) groups excluding carboxylic acids is 1. The van der Waals surface area contributed by atoms with Crippen LogP contribution in [0.2, 0.25) is 0 Å². The van der Waals surface area contributed by atoms with Crippen LogP contribution < -0.4 is 5.32 Å². The standard InChI is InChI=1S/C33H35N3O2/c37-25-30-24-35(21-22-36(30)33(28-17-9-3-10-18-28)29-19-11-4-12-20-29)31(38)23-34-32(26-13-5-1-6-14-26)27-15-7-2-8-16-27/h1-20,30,32-34,37H,21-25H2. The summed E-state index contributed by atoms with van der Waals surface area (Å²) in [4.78, 5) is 17.6. The van der Waals surface area contributed by atoms with Gasteiger partial charge in [0.15, 0.2) is 0 Å². The molecule has 194 valence electrons. The van der Waals surface area contributed by atoms with Gasteiger partial charge in [-0.05, 0) is 22.3 Å². The molecule has 1 atom stereocenters. The molecule has 2 N–H and O–H groups in total. The lowest BCUT2D eigenvalue weighted by atomic mass is 9.94. The van der Waals surface area contributed by atoms with E-state index in [1.165, 1.54) is 11.1 Å². The highest BCUT2D eigenvalue weighted by molar-refractivity contribution is 5.78. The van der Waals surface area contributed by atoms with Crippen molar-refractivity contribution in [2.24, 2.45) is 0 Å². The Morgan fingerprint density at radius 2 is 1.16 bits per heavy atom. The molecule has 1 aliphatic heterocycles. The summed E-state index contributed by atoms with van der Waals surface area (Å²) in [5.74, 6) is 0.0518. The molecule has 0 spiro atoms. The van der Waals surface area contributed by atoms with E-state index in [0.717, 1.165) is 11.1 Å². The van der Waals surface area contributed by atoms with Crippen LogP contribution in [0.4, 0.5) is 0 Å². The first-order valence-corrected chi connectivity index (χ1v) is 13.3. The number of benzene rings is 4. The number of carbonyl (C=O) groups is 1. The third kappa shape index (κ3) is 6.03. The Balaban J connectivity index is 1.30. The Labute approximate surface area is 225 Å². The number of amides is 1. The summed E-state index contributed by atoms with van der Waals surface area (Å²) >= 11 is 0. The lowest BCUT2D eigenvalue weighted by Gasteiger charge is -2.45. The maximum absolute atomic E-state index is 13.4. The largest absolute Gasteiger partial charge is 0.395 e. The summed E-state index contributed by atoms with van der Waals surface area (Å²) in [5.41, 5.74) is 4.62. The molecule has 38 heavy (non-hydrogen) atoms. The Hall–Kier alpha value is -3.77. The Bertz CT molecular complexity index is 1190. The fourth-order valence-corrected chi connectivity index (χ4v) is 5.46. The van der Waals surface area contributed by atoms with Crippen molar-refractivity contribution in [2.75, 3.05) is 32.8 Å². The molecule has 4 aromatic carbocycles. The first-order chi connectivity index (χ1) is 18.7. The molecule has 5 rings (SSSR count). The molecular weight excluding hydrogens is 470 g/mol. The second-order valence-corrected chi connectivity index (χ2v) is 9.77. The van der Waals surface area contributed by atoms with Crippen LogP contribution in [0.25, 0.3) is 0 Å². The van der Waals surface area contributed by atoms with Gasteiger partial charge in [0.1, 0.15) is 0 Å². The lowest BCUT2D eigenvalue weighted by molar-refractivity contribution is -0.134. The smallest absolute Gasteiger partial charge is 0.236 e. The predicted molar refractivity (Wildman–Crippen MR) is 152 cm³/mol. The van der Waals surface area contributed by atoms with Crippen molar-refractivity contribution in [3.05, 3.63) is 144 Å². The van der Waals surface area contributed by atoms with Crippen molar-refractivity contribution in [3.8, 4) is 0 Å². The first kappa shape index (κ1) is 25.9. The number of hydrogen-bond donors (Lipinski definition) is 2. The molecule has 1 heterocycles. The van der Waals surface area contributed by atoms with E-state index in [2.05, 4.69) is 83.0 Å². The van der Waals surface area contributed by atoms with Gasteiger partial charge in [-0.25, -0.2) is 0 Å². The minimum atomic E-state index is -0.155. The molecular formula is C33H35N3O2. The van der Waals surface area contributed by atoms with E-state index in [0.29, 0.717) is 19.6 Å². The van der Waals surface area contributed by atoms with Crippen molar-refractivity contribution in [3.63, 3.8) is 0 Å². The van der Waals surface area contributed by atoms with Gasteiger partial charge in [-0.1, -0.05) is 121 Å². The fraction of sp³-hybridized carbons (Fsp3) is 0.242. The summed E-state index contributed by atoms with van der Waals surface area (Å²) in [7, 11) is 0. The normalized spacial score (nSPS) is 16.2. The Morgan fingerprint density at radius 3 is 1.61 bits per heavy atom. The second kappa shape index (κ2) is 12.7. The van der Waals surface area contributed by atoms with Crippen molar-refractivity contribution in [2.45, 2.75) is 18.1 Å². The van der Waals surface area contributed by atoms with Gasteiger partial charge in [-0.2, -0.15) is 0 Å². The zero-order valence-corrected chi connectivity index (χ0v) is 21.6. The van der Waals surface area contributed by atoms with Crippen LogP contribution in [0.1, 0.15) is 34.3 Å². The van der Waals surface area contributed by atoms with E-state index in [9.17, 15) is 9.90 Å². The third-order valence-electron chi connectivity index (χ3n) is 7.38. The Morgan fingerprint density at radius 1 is 0.711 bits per heavy atom. The van der Waals surface area contributed by atoms with Crippen LogP contribution in [0.15, 0.2) is 121 Å². The van der Waals surface area contributed by atoms with Gasteiger partial charge in [0.05, 0.1) is 31.3 Å². The summed E-state index contributed by atoms with van der Waals surface area (Å²) in [6.45, 7) is 2.02. The molecule has 4 aromatic rings. The number of nitrogens with zero attached hydrogens (tertiary/aromatic N) is 2. The van der Waals surface area contributed by atoms with Crippen molar-refractivity contribution in [1.29, 1.82) is 0 Å². The van der Waals surface area contributed by atoms with Gasteiger partial charge in [-0.3, -0.25) is 15.0 Å². The van der Waals surface area contributed by atoms with E-state index in [4.69, 9.17) is 0 Å². The van der Waals surface area contributed by atoms with E-state index in [-0.39, 0.29) is 37.2 Å². The van der Waals surface area contributed by atoms with Crippen LogP contribution in [0.5, 0.6) is 0 Å². The van der Waals surface area contributed by atoms with Crippen molar-refractivity contribution < 1.29 is 9.90 Å². The number of aliphatic hydroxyl groups is 1. The average Bonchev–Trinajstić information content (AvgIpc) is 2.99. The summed E-state index contributed by atoms with van der Waals surface area (Å²) in [6.07, 6.45) is 0. The Kier molecular flexibility index (Phi) is 8.61. The van der Waals surface area contributed by atoms with Gasteiger partial charge in [-0.15, -0.1) is 0 Å². The molecule has 1 amide bonds. The van der Waals surface area contributed by atoms with E-state index in [1.807, 2.05) is 53.4 Å². The summed E-state index contributed by atoms with van der Waals surface area (Å²) < 4.78 is 0. The fourth-order valence-electron chi connectivity index (χ4n) is 5.46. The molecule has 1 aliphatic rings. The molecule has 1 saturated heterocycles. The van der Waals surface area contributed by atoms with E-state index in [1.54, 1.807) is 0 Å². The zero-order chi connectivity index (χ0) is 26.2. The lowest BCUT2D eigenvalue weighted by Crippen LogP contribution is -2.58. The first-order valence-electron chi connectivity index (χ1n) is 13.3. The quantitative estimate of drug-likeness (QED) is 0.347. The highest BCUT2D eigenvalue weighted by Gasteiger charge is 2.35. The molecule has 1 fully saturated rings. The molecule has 5 nitrogen and oxygen atoms in total. The molecule has 0 saturated carbocycles. The SMILES string of the molecule is O=C(CNC(c1ccccc1)c1ccccc1)N1CCN(C(c2ccccc2)c2ccccc2)C(CO)C1. The molecule has 0 bridgehead atoms. The van der Waals surface area contributed by atoms with E-state index >= 15 is 0 Å². The summed E-state index contributed by atoms with van der Waals surface area (Å²) in [6, 6.07) is 41.1. The highest BCUT2D eigenvalue weighted by Crippen LogP contribution is 2.32. The molecule has 5 heteroatoms. The van der Waals surface area contributed by atoms with Gasteiger partial charge in [0.2, 0.25) is 5.91 Å². The predicted octanol–water partition coefficient (Wildman–Crippen LogP) is 4.66. The molecule has 0 radical (unpaired) electrons. The molecule has 1 unspecified atom stereocenters. The van der Waals surface area contributed by atoms with Gasteiger partial charge in [0, 0.05) is 19.6 Å². The van der Waals surface area contributed by atoms with Gasteiger partial charge >= 0.3 is 0 Å². The average molecular weight is 506 g/mol. The van der Waals surface area contributed by atoms with Gasteiger partial charge in [0.25, 0.3) is 0 Å². The van der Waals surface area contributed by atoms with Crippen LogP contribution in [-0.2, 0) is 4.79 Å². The minimum Gasteiger partial charge on any atom is -0.395 e. The third-order valence-corrected chi connectivity index (χ3v) is 7.38. The monoisotopic (exact) mass is 505 g/mol. The van der Waals surface area contributed by atoms with Crippen molar-refractivity contribution in [1.82, 2.24) is 15.1 Å². The van der Waals surface area contributed by atoms with Crippen LogP contribution in [0, 0.1) is 0 Å². The van der Waals surface area contributed by atoms with E-state index < -0.39 is 0 Å². The number of hydrogen-bond acceptors (Lipinski definition) is 4. The molecule has 0 aromatic heterocycles. The zero-order valence-electron chi connectivity index (χ0n) is 21.6. The second-order valence-electron chi connectivity index (χ2n) is 9.77. The topological polar surface area (TPSA) is 55.8 Å². The number of aliphatic hydroxyl groups excluding tert-OH is 1. The number of nitrogens with one attached hydrogen (secondary N) is 1. The van der Waals surface area contributed by atoms with Crippen LogP contribution in [-0.4, -0.2) is 59.6 Å². The maximum atomic E-state index is 13.4. The molecule has 0 aliphatic carbocycles. The number of piperazine rings is 1. The highest BCUT2D eigenvalue weighted by atomic mass is 16.3. The summed E-state index contributed by atoms with van der Waals surface area (Å²) in [5, 5.41) is 13.9.